The number of aryl methyl sites for hydroxylation is 2. The molecule has 0 unspecified atom stereocenters. The number of aromatic nitrogens is 1. The quantitative estimate of drug-likeness (QED) is 0.547. The Kier molecular flexibility index (Phi) is 4.58. The van der Waals surface area contributed by atoms with E-state index < -0.39 is 0 Å². The Bertz CT molecular complexity index is 254. The third-order valence-corrected chi connectivity index (χ3v) is 1.79. The lowest BCUT2D eigenvalue weighted by Gasteiger charge is -2.01. The Morgan fingerprint density at radius 1 is 1.36 bits per heavy atom. The molecule has 1 rings (SSSR count). The van der Waals surface area contributed by atoms with E-state index in [9.17, 15) is 0 Å². The maximum atomic E-state index is 5.34. The number of hydrogen-bond donors (Lipinski definition) is 1. The number of ether oxygens (including phenoxy) is 1. The van der Waals surface area contributed by atoms with Gasteiger partial charge in [0, 0.05) is 7.11 Å². The fraction of sp³-hybridized carbons (Fsp3) is 0.667. The molecule has 5 heteroatoms. The Morgan fingerprint density at radius 2 is 2.14 bits per heavy atom. The molecule has 0 fully saturated rings. The molecule has 1 heterocycles. The van der Waals surface area contributed by atoms with E-state index in [1.165, 1.54) is 0 Å². The molecular weight excluding hydrogens is 184 g/mol. The number of oxazole rings is 1. The van der Waals surface area contributed by atoms with Gasteiger partial charge in [0.2, 0.25) is 5.89 Å². The summed E-state index contributed by atoms with van der Waals surface area (Å²) < 4.78 is 10.1. The Hall–Kier alpha value is -0.910. The molecule has 0 spiro atoms. The maximum absolute atomic E-state index is 5.34. The molecular formula is C9H16N2O3. The second-order valence-corrected chi connectivity index (χ2v) is 2.91. The van der Waals surface area contributed by atoms with E-state index in [0.717, 1.165) is 11.5 Å². The Labute approximate surface area is 83.4 Å². The highest BCUT2D eigenvalue weighted by molar-refractivity contribution is 5.04. The van der Waals surface area contributed by atoms with Crippen LogP contribution < -0.4 is 5.48 Å². The molecule has 0 amide bonds. The summed E-state index contributed by atoms with van der Waals surface area (Å²) in [7, 11) is 1.63. The van der Waals surface area contributed by atoms with Crippen molar-refractivity contribution in [2.45, 2.75) is 20.4 Å². The van der Waals surface area contributed by atoms with E-state index in [0.29, 0.717) is 25.6 Å². The first kappa shape index (κ1) is 11.2. The van der Waals surface area contributed by atoms with Crippen LogP contribution >= 0.6 is 0 Å². The summed E-state index contributed by atoms with van der Waals surface area (Å²) in [6.07, 6.45) is 0. The fourth-order valence-corrected chi connectivity index (χ4v) is 0.925. The van der Waals surface area contributed by atoms with Crippen LogP contribution in [0.2, 0.25) is 0 Å². The van der Waals surface area contributed by atoms with E-state index in [-0.39, 0.29) is 0 Å². The first-order valence-electron chi connectivity index (χ1n) is 4.50. The second-order valence-electron chi connectivity index (χ2n) is 2.91. The smallest absolute Gasteiger partial charge is 0.210 e. The maximum Gasteiger partial charge on any atom is 0.210 e. The van der Waals surface area contributed by atoms with Crippen molar-refractivity contribution in [2.24, 2.45) is 0 Å². The third kappa shape index (κ3) is 3.45. The van der Waals surface area contributed by atoms with Crippen LogP contribution in [0.1, 0.15) is 17.3 Å². The molecule has 0 aliphatic heterocycles. The molecule has 1 aromatic heterocycles. The molecule has 0 aromatic carbocycles. The van der Waals surface area contributed by atoms with Gasteiger partial charge in [-0.1, -0.05) is 0 Å². The van der Waals surface area contributed by atoms with Gasteiger partial charge in [0.05, 0.1) is 25.5 Å². The Balaban J connectivity index is 2.18. The van der Waals surface area contributed by atoms with Crippen LogP contribution in [0.4, 0.5) is 0 Å². The summed E-state index contributed by atoms with van der Waals surface area (Å²) in [5.41, 5.74) is 3.66. The molecule has 80 valence electrons. The molecule has 0 aliphatic rings. The van der Waals surface area contributed by atoms with Crippen molar-refractivity contribution in [3.8, 4) is 0 Å². The number of methoxy groups -OCH3 is 1. The minimum atomic E-state index is 0.471. The molecule has 14 heavy (non-hydrogen) atoms. The van der Waals surface area contributed by atoms with Gasteiger partial charge >= 0.3 is 0 Å². The molecule has 1 N–H and O–H groups in total. The molecule has 0 bridgehead atoms. The highest BCUT2D eigenvalue weighted by atomic mass is 16.7. The van der Waals surface area contributed by atoms with Crippen LogP contribution in [-0.4, -0.2) is 25.3 Å². The molecule has 5 nitrogen and oxygen atoms in total. The lowest BCUT2D eigenvalue weighted by molar-refractivity contribution is 0.000305. The molecule has 0 radical (unpaired) electrons. The summed E-state index contributed by atoms with van der Waals surface area (Å²) in [5, 5.41) is 0. The van der Waals surface area contributed by atoms with Crippen molar-refractivity contribution in [1.82, 2.24) is 10.5 Å². The summed E-state index contributed by atoms with van der Waals surface area (Å²) in [4.78, 5) is 9.24. The van der Waals surface area contributed by atoms with E-state index in [1.807, 2.05) is 13.8 Å². The number of rotatable bonds is 6. The molecule has 0 saturated heterocycles. The average Bonchev–Trinajstić information content (AvgIpc) is 2.46. The average molecular weight is 200 g/mol. The van der Waals surface area contributed by atoms with Crippen LogP contribution in [0.5, 0.6) is 0 Å². The first-order chi connectivity index (χ1) is 6.74. The highest BCUT2D eigenvalue weighted by Crippen LogP contribution is 2.07. The van der Waals surface area contributed by atoms with Gasteiger partial charge in [0.1, 0.15) is 5.76 Å². The topological polar surface area (TPSA) is 56.5 Å². The van der Waals surface area contributed by atoms with Gasteiger partial charge in [-0.05, 0) is 13.8 Å². The van der Waals surface area contributed by atoms with Gasteiger partial charge in [0.25, 0.3) is 0 Å². The second kappa shape index (κ2) is 5.74. The van der Waals surface area contributed by atoms with Crippen molar-refractivity contribution in [3.63, 3.8) is 0 Å². The first-order valence-corrected chi connectivity index (χ1v) is 4.50. The van der Waals surface area contributed by atoms with Crippen LogP contribution in [-0.2, 0) is 16.1 Å². The van der Waals surface area contributed by atoms with Crippen molar-refractivity contribution in [2.75, 3.05) is 20.3 Å². The zero-order chi connectivity index (χ0) is 10.4. The molecule has 0 atom stereocenters. The van der Waals surface area contributed by atoms with Crippen LogP contribution in [0.3, 0.4) is 0 Å². The van der Waals surface area contributed by atoms with Gasteiger partial charge in [-0.3, -0.25) is 4.84 Å². The van der Waals surface area contributed by atoms with Gasteiger partial charge in [-0.25, -0.2) is 4.98 Å². The van der Waals surface area contributed by atoms with Crippen LogP contribution in [0, 0.1) is 13.8 Å². The largest absolute Gasteiger partial charge is 0.444 e. The van der Waals surface area contributed by atoms with Gasteiger partial charge in [0.15, 0.2) is 0 Å². The minimum absolute atomic E-state index is 0.471. The minimum Gasteiger partial charge on any atom is -0.444 e. The number of hydrogen-bond acceptors (Lipinski definition) is 5. The van der Waals surface area contributed by atoms with Crippen LogP contribution in [0.15, 0.2) is 4.42 Å². The van der Waals surface area contributed by atoms with Gasteiger partial charge in [-0.2, -0.15) is 5.48 Å². The van der Waals surface area contributed by atoms with E-state index in [2.05, 4.69) is 10.5 Å². The van der Waals surface area contributed by atoms with Crippen molar-refractivity contribution >= 4 is 0 Å². The lowest BCUT2D eigenvalue weighted by atomic mass is 10.4. The van der Waals surface area contributed by atoms with Crippen molar-refractivity contribution in [1.29, 1.82) is 0 Å². The summed E-state index contributed by atoms with van der Waals surface area (Å²) in [6, 6.07) is 0. The lowest BCUT2D eigenvalue weighted by Crippen LogP contribution is -2.17. The Morgan fingerprint density at radius 3 is 2.71 bits per heavy atom. The summed E-state index contributed by atoms with van der Waals surface area (Å²) in [5.74, 6) is 1.48. The van der Waals surface area contributed by atoms with Crippen molar-refractivity contribution in [3.05, 3.63) is 17.3 Å². The molecule has 1 aromatic rings. The van der Waals surface area contributed by atoms with Crippen LogP contribution in [0.25, 0.3) is 0 Å². The predicted molar refractivity (Wildman–Crippen MR) is 50.6 cm³/mol. The molecule has 0 aliphatic carbocycles. The number of nitrogens with zero attached hydrogens (tertiary/aromatic N) is 1. The van der Waals surface area contributed by atoms with E-state index >= 15 is 0 Å². The van der Waals surface area contributed by atoms with Gasteiger partial charge < -0.3 is 9.15 Å². The normalized spacial score (nSPS) is 10.8. The summed E-state index contributed by atoms with van der Waals surface area (Å²) >= 11 is 0. The predicted octanol–water partition coefficient (Wildman–Crippen LogP) is 0.959. The highest BCUT2D eigenvalue weighted by Gasteiger charge is 2.04. The standard InChI is InChI=1S/C9H16N2O3/c1-7-8(2)14-9(11-7)6-10-13-5-4-12-3/h10H,4-6H2,1-3H3. The zero-order valence-corrected chi connectivity index (χ0v) is 8.79. The van der Waals surface area contributed by atoms with E-state index in [1.54, 1.807) is 7.11 Å². The summed E-state index contributed by atoms with van der Waals surface area (Å²) in [6.45, 7) is 5.34. The molecule has 0 saturated carbocycles. The third-order valence-electron chi connectivity index (χ3n) is 1.79. The fourth-order valence-electron chi connectivity index (χ4n) is 0.925. The number of hydroxylamine groups is 1. The zero-order valence-electron chi connectivity index (χ0n) is 8.79. The monoisotopic (exact) mass is 200 g/mol. The van der Waals surface area contributed by atoms with Crippen molar-refractivity contribution < 1.29 is 14.0 Å². The van der Waals surface area contributed by atoms with Gasteiger partial charge in [-0.15, -0.1) is 0 Å². The van der Waals surface area contributed by atoms with E-state index in [4.69, 9.17) is 14.0 Å². The SMILES string of the molecule is COCCONCc1nc(C)c(C)o1. The number of nitrogens with one attached hydrogen (secondary N) is 1.